The first-order valence-electron chi connectivity index (χ1n) is 9.06. The van der Waals surface area contributed by atoms with Gasteiger partial charge in [0.2, 0.25) is 0 Å². The van der Waals surface area contributed by atoms with Gasteiger partial charge in [-0.2, -0.15) is 0 Å². The van der Waals surface area contributed by atoms with Crippen molar-refractivity contribution in [2.45, 2.75) is 0 Å². The summed E-state index contributed by atoms with van der Waals surface area (Å²) < 4.78 is 5.23. The van der Waals surface area contributed by atoms with Crippen molar-refractivity contribution >= 4 is 34.3 Å². The van der Waals surface area contributed by atoms with Crippen molar-refractivity contribution in [2.24, 2.45) is 0 Å². The molecule has 1 saturated heterocycles. The normalized spacial score (nSPS) is 14.4. The number of benzene rings is 2. The van der Waals surface area contributed by atoms with Crippen LogP contribution in [0.5, 0.6) is 5.75 Å². The van der Waals surface area contributed by atoms with E-state index in [1.54, 1.807) is 41.2 Å². The SMILES string of the molecule is COc1ccc2[nH]c(C(=O)N3CCN(C(=O)c4ccccc4Cl)CC3)cc2c1. The van der Waals surface area contributed by atoms with Crippen LogP contribution in [0, 0.1) is 0 Å². The molecule has 28 heavy (non-hydrogen) atoms. The number of amides is 2. The zero-order valence-electron chi connectivity index (χ0n) is 15.4. The van der Waals surface area contributed by atoms with Gasteiger partial charge in [-0.15, -0.1) is 0 Å². The van der Waals surface area contributed by atoms with Gasteiger partial charge in [0.05, 0.1) is 17.7 Å². The van der Waals surface area contributed by atoms with Gasteiger partial charge in [0.25, 0.3) is 11.8 Å². The van der Waals surface area contributed by atoms with E-state index in [1.807, 2.05) is 24.3 Å². The average Bonchev–Trinajstić information content (AvgIpc) is 3.16. The van der Waals surface area contributed by atoms with E-state index in [0.717, 1.165) is 16.7 Å². The monoisotopic (exact) mass is 397 g/mol. The molecular weight excluding hydrogens is 378 g/mol. The zero-order valence-corrected chi connectivity index (χ0v) is 16.2. The third-order valence-electron chi connectivity index (χ3n) is 5.02. The smallest absolute Gasteiger partial charge is 0.270 e. The third-order valence-corrected chi connectivity index (χ3v) is 5.35. The van der Waals surface area contributed by atoms with Crippen LogP contribution in [0.1, 0.15) is 20.8 Å². The number of aromatic nitrogens is 1. The molecule has 1 aliphatic heterocycles. The number of piperazine rings is 1. The van der Waals surface area contributed by atoms with Crippen molar-refractivity contribution < 1.29 is 14.3 Å². The second kappa shape index (κ2) is 7.56. The quantitative estimate of drug-likeness (QED) is 0.736. The fourth-order valence-electron chi connectivity index (χ4n) is 3.44. The van der Waals surface area contributed by atoms with Crippen LogP contribution < -0.4 is 4.74 Å². The van der Waals surface area contributed by atoms with Crippen molar-refractivity contribution in [2.75, 3.05) is 33.3 Å². The third kappa shape index (κ3) is 3.43. The van der Waals surface area contributed by atoms with E-state index in [4.69, 9.17) is 16.3 Å². The van der Waals surface area contributed by atoms with E-state index in [-0.39, 0.29) is 11.8 Å². The fourth-order valence-corrected chi connectivity index (χ4v) is 3.66. The number of ether oxygens (including phenoxy) is 1. The molecule has 0 unspecified atom stereocenters. The van der Waals surface area contributed by atoms with E-state index in [2.05, 4.69) is 4.98 Å². The van der Waals surface area contributed by atoms with Gasteiger partial charge in [-0.3, -0.25) is 9.59 Å². The van der Waals surface area contributed by atoms with Crippen molar-refractivity contribution in [1.82, 2.24) is 14.8 Å². The second-order valence-corrected chi connectivity index (χ2v) is 7.11. The number of methoxy groups -OCH3 is 1. The molecule has 0 aliphatic carbocycles. The molecule has 1 fully saturated rings. The summed E-state index contributed by atoms with van der Waals surface area (Å²) in [5.74, 6) is 0.576. The summed E-state index contributed by atoms with van der Waals surface area (Å²) in [7, 11) is 1.61. The molecule has 1 aromatic heterocycles. The Hall–Kier alpha value is -2.99. The summed E-state index contributed by atoms with van der Waals surface area (Å²) in [5, 5.41) is 1.37. The molecule has 144 valence electrons. The predicted octanol–water partition coefficient (Wildman–Crippen LogP) is 3.43. The van der Waals surface area contributed by atoms with Gasteiger partial charge in [0.1, 0.15) is 11.4 Å². The summed E-state index contributed by atoms with van der Waals surface area (Å²) in [6.45, 7) is 1.91. The first kappa shape index (κ1) is 18.4. The van der Waals surface area contributed by atoms with Crippen LogP contribution in [0.2, 0.25) is 5.02 Å². The molecule has 3 aromatic rings. The molecule has 0 spiro atoms. The summed E-state index contributed by atoms with van der Waals surface area (Å²) in [5.41, 5.74) is 1.92. The topological polar surface area (TPSA) is 65.6 Å². The Morgan fingerprint density at radius 2 is 1.64 bits per heavy atom. The van der Waals surface area contributed by atoms with Gasteiger partial charge in [-0.25, -0.2) is 0 Å². The number of fused-ring (bicyclic) bond motifs is 1. The first-order chi connectivity index (χ1) is 13.6. The van der Waals surface area contributed by atoms with E-state index in [1.165, 1.54) is 0 Å². The van der Waals surface area contributed by atoms with E-state index >= 15 is 0 Å². The molecular formula is C21H20ClN3O3. The van der Waals surface area contributed by atoms with Crippen LogP contribution in [0.4, 0.5) is 0 Å². The van der Waals surface area contributed by atoms with Crippen molar-refractivity contribution in [3.63, 3.8) is 0 Å². The van der Waals surface area contributed by atoms with Crippen LogP contribution in [0.15, 0.2) is 48.5 Å². The number of aromatic amines is 1. The van der Waals surface area contributed by atoms with Crippen molar-refractivity contribution in [3.05, 3.63) is 64.8 Å². The fraction of sp³-hybridized carbons (Fsp3) is 0.238. The van der Waals surface area contributed by atoms with Gasteiger partial charge >= 0.3 is 0 Å². The zero-order chi connectivity index (χ0) is 19.7. The Labute approximate surface area is 167 Å². The number of carbonyl (C=O) groups is 2. The molecule has 7 heteroatoms. The van der Waals surface area contributed by atoms with Crippen LogP contribution in [-0.4, -0.2) is 59.9 Å². The lowest BCUT2D eigenvalue weighted by Crippen LogP contribution is -2.50. The molecule has 1 aliphatic rings. The van der Waals surface area contributed by atoms with Gasteiger partial charge in [-0.1, -0.05) is 23.7 Å². The lowest BCUT2D eigenvalue weighted by molar-refractivity contribution is 0.0533. The number of halogens is 1. The van der Waals surface area contributed by atoms with Gasteiger partial charge in [0, 0.05) is 37.1 Å². The Balaban J connectivity index is 1.44. The average molecular weight is 398 g/mol. The Kier molecular flexibility index (Phi) is 4.96. The highest BCUT2D eigenvalue weighted by Gasteiger charge is 2.27. The molecule has 1 N–H and O–H groups in total. The van der Waals surface area contributed by atoms with Gasteiger partial charge in [-0.05, 0) is 36.4 Å². The summed E-state index contributed by atoms with van der Waals surface area (Å²) >= 11 is 6.13. The molecule has 4 rings (SSSR count). The maximum absolute atomic E-state index is 12.9. The number of hydrogen-bond donors (Lipinski definition) is 1. The largest absolute Gasteiger partial charge is 0.497 e. The predicted molar refractivity (Wildman–Crippen MR) is 108 cm³/mol. The van der Waals surface area contributed by atoms with Gasteiger partial charge < -0.3 is 19.5 Å². The van der Waals surface area contributed by atoms with Gasteiger partial charge in [0.15, 0.2) is 0 Å². The van der Waals surface area contributed by atoms with E-state index in [0.29, 0.717) is 42.5 Å². The number of H-pyrrole nitrogens is 1. The highest BCUT2D eigenvalue weighted by molar-refractivity contribution is 6.33. The van der Waals surface area contributed by atoms with Crippen molar-refractivity contribution in [3.8, 4) is 5.75 Å². The Morgan fingerprint density at radius 3 is 2.32 bits per heavy atom. The molecule has 0 radical (unpaired) electrons. The summed E-state index contributed by atoms with van der Waals surface area (Å²) in [4.78, 5) is 32.2. The maximum Gasteiger partial charge on any atom is 0.270 e. The second-order valence-electron chi connectivity index (χ2n) is 6.70. The number of nitrogens with one attached hydrogen (secondary N) is 1. The summed E-state index contributed by atoms with van der Waals surface area (Å²) in [6, 6.07) is 14.5. The number of nitrogens with zero attached hydrogens (tertiary/aromatic N) is 2. The van der Waals surface area contributed by atoms with Crippen LogP contribution in [0.25, 0.3) is 10.9 Å². The summed E-state index contributed by atoms with van der Waals surface area (Å²) in [6.07, 6.45) is 0. The minimum Gasteiger partial charge on any atom is -0.497 e. The number of hydrogen-bond acceptors (Lipinski definition) is 3. The maximum atomic E-state index is 12.9. The standard InChI is InChI=1S/C21H20ClN3O3/c1-28-15-6-7-18-14(12-15)13-19(23-18)21(27)25-10-8-24(9-11-25)20(26)16-4-2-3-5-17(16)22/h2-7,12-13,23H,8-11H2,1H3. The Morgan fingerprint density at radius 1 is 0.964 bits per heavy atom. The molecule has 0 bridgehead atoms. The minimum atomic E-state index is -0.101. The van der Waals surface area contributed by atoms with E-state index in [9.17, 15) is 9.59 Å². The number of rotatable bonds is 3. The first-order valence-corrected chi connectivity index (χ1v) is 9.44. The highest BCUT2D eigenvalue weighted by Crippen LogP contribution is 2.23. The van der Waals surface area contributed by atoms with Crippen LogP contribution >= 0.6 is 11.6 Å². The van der Waals surface area contributed by atoms with E-state index < -0.39 is 0 Å². The molecule has 0 saturated carbocycles. The molecule has 0 atom stereocenters. The van der Waals surface area contributed by atoms with Crippen molar-refractivity contribution in [1.29, 1.82) is 0 Å². The molecule has 6 nitrogen and oxygen atoms in total. The molecule has 2 amide bonds. The van der Waals surface area contributed by atoms with Crippen LogP contribution in [-0.2, 0) is 0 Å². The Bertz CT molecular complexity index is 1040. The lowest BCUT2D eigenvalue weighted by Gasteiger charge is -2.34. The number of carbonyl (C=O) groups excluding carboxylic acids is 2. The molecule has 2 aromatic carbocycles. The van der Waals surface area contributed by atoms with Crippen LogP contribution in [0.3, 0.4) is 0 Å². The lowest BCUT2D eigenvalue weighted by atomic mass is 10.1. The minimum absolute atomic E-state index is 0.0694. The molecule has 2 heterocycles. The highest BCUT2D eigenvalue weighted by atomic mass is 35.5.